The van der Waals surface area contributed by atoms with Gasteiger partial charge in [-0.2, -0.15) is 0 Å². The Kier molecular flexibility index (Phi) is 5.34. The Bertz CT molecular complexity index is 596. The molecule has 0 fully saturated rings. The Hall–Kier alpha value is -1.87. The van der Waals surface area contributed by atoms with Crippen molar-refractivity contribution >= 4 is 11.4 Å². The number of nitrogens with one attached hydrogen (secondary N) is 1. The molecule has 0 heterocycles. The summed E-state index contributed by atoms with van der Waals surface area (Å²) in [5, 5.41) is 3.29. The molecule has 0 unspecified atom stereocenters. The number of rotatable bonds is 6. The zero-order chi connectivity index (χ0) is 15.2. The van der Waals surface area contributed by atoms with Gasteiger partial charge in [-0.1, -0.05) is 31.2 Å². The Morgan fingerprint density at radius 2 is 1.76 bits per heavy atom. The number of halogens is 1. The van der Waals surface area contributed by atoms with Gasteiger partial charge in [0.25, 0.3) is 0 Å². The minimum Gasteiger partial charge on any atom is -0.344 e. The molecular formula is C18H23FN2. The molecule has 0 spiro atoms. The quantitative estimate of drug-likeness (QED) is 0.792. The van der Waals surface area contributed by atoms with Crippen molar-refractivity contribution in [3.63, 3.8) is 0 Å². The predicted molar refractivity (Wildman–Crippen MR) is 87.6 cm³/mol. The van der Waals surface area contributed by atoms with Gasteiger partial charge in [-0.15, -0.1) is 0 Å². The summed E-state index contributed by atoms with van der Waals surface area (Å²) >= 11 is 0. The monoisotopic (exact) mass is 286 g/mol. The van der Waals surface area contributed by atoms with Crippen molar-refractivity contribution in [1.82, 2.24) is 5.32 Å². The topological polar surface area (TPSA) is 15.3 Å². The molecule has 2 aromatic carbocycles. The number of aryl methyl sites for hydroxylation is 1. The number of hydrogen-bond donors (Lipinski definition) is 1. The van der Waals surface area contributed by atoms with Crippen molar-refractivity contribution in [3.8, 4) is 0 Å². The van der Waals surface area contributed by atoms with E-state index in [1.54, 1.807) is 6.07 Å². The molecule has 1 N–H and O–H groups in total. The fraction of sp³-hybridized carbons (Fsp3) is 0.333. The maximum atomic E-state index is 14.2. The second-order valence-electron chi connectivity index (χ2n) is 5.26. The normalized spacial score (nSPS) is 10.7. The van der Waals surface area contributed by atoms with Crippen molar-refractivity contribution in [2.45, 2.75) is 26.8 Å². The molecule has 0 aliphatic heterocycles. The van der Waals surface area contributed by atoms with E-state index in [0.717, 1.165) is 29.9 Å². The first kappa shape index (κ1) is 15.5. The van der Waals surface area contributed by atoms with Crippen LogP contribution in [0.15, 0.2) is 42.5 Å². The molecule has 2 nitrogen and oxygen atoms in total. The fourth-order valence-electron chi connectivity index (χ4n) is 2.50. The molecule has 0 saturated carbocycles. The van der Waals surface area contributed by atoms with Crippen molar-refractivity contribution in [2.75, 3.05) is 18.5 Å². The summed E-state index contributed by atoms with van der Waals surface area (Å²) in [5.41, 5.74) is 3.90. The van der Waals surface area contributed by atoms with E-state index in [1.165, 1.54) is 11.6 Å². The molecule has 21 heavy (non-hydrogen) atoms. The maximum Gasteiger partial charge on any atom is 0.129 e. The van der Waals surface area contributed by atoms with Gasteiger partial charge in [-0.25, -0.2) is 4.39 Å². The molecule has 3 heteroatoms. The third kappa shape index (κ3) is 3.61. The van der Waals surface area contributed by atoms with Crippen molar-refractivity contribution in [3.05, 3.63) is 59.4 Å². The highest BCUT2D eigenvalue weighted by Gasteiger charge is 2.14. The summed E-state index contributed by atoms with van der Waals surface area (Å²) in [6.07, 6.45) is 1.04. The van der Waals surface area contributed by atoms with E-state index in [9.17, 15) is 4.39 Å². The van der Waals surface area contributed by atoms with Gasteiger partial charge in [0.05, 0.1) is 0 Å². The largest absolute Gasteiger partial charge is 0.344 e. The van der Waals surface area contributed by atoms with Crippen LogP contribution in [0.1, 0.15) is 24.5 Å². The molecule has 0 radical (unpaired) electrons. The van der Waals surface area contributed by atoms with E-state index in [1.807, 2.05) is 25.2 Å². The van der Waals surface area contributed by atoms with Crippen molar-refractivity contribution < 1.29 is 4.39 Å². The predicted octanol–water partition coefficient (Wildman–Crippen LogP) is 4.40. The van der Waals surface area contributed by atoms with Crippen LogP contribution in [-0.2, 0) is 6.54 Å². The van der Waals surface area contributed by atoms with Crippen LogP contribution in [0.3, 0.4) is 0 Å². The van der Waals surface area contributed by atoms with Crippen LogP contribution in [0.5, 0.6) is 0 Å². The molecule has 0 bridgehead atoms. The summed E-state index contributed by atoms with van der Waals surface area (Å²) < 4.78 is 14.2. The summed E-state index contributed by atoms with van der Waals surface area (Å²) in [4.78, 5) is 2.06. The third-order valence-corrected chi connectivity index (χ3v) is 3.66. The van der Waals surface area contributed by atoms with Gasteiger partial charge in [-0.3, -0.25) is 0 Å². The molecule has 2 aromatic rings. The van der Waals surface area contributed by atoms with Gasteiger partial charge in [0, 0.05) is 30.5 Å². The van der Waals surface area contributed by atoms with Gasteiger partial charge in [-0.05, 0) is 43.7 Å². The zero-order valence-electron chi connectivity index (χ0n) is 13.0. The summed E-state index contributed by atoms with van der Waals surface area (Å²) in [7, 11) is 1.99. The van der Waals surface area contributed by atoms with E-state index in [-0.39, 0.29) is 5.82 Å². The van der Waals surface area contributed by atoms with E-state index in [0.29, 0.717) is 6.54 Å². The average Bonchev–Trinajstić information content (AvgIpc) is 2.49. The summed E-state index contributed by atoms with van der Waals surface area (Å²) in [6, 6.07) is 13.4. The Morgan fingerprint density at radius 1 is 1.05 bits per heavy atom. The van der Waals surface area contributed by atoms with Crippen molar-refractivity contribution in [2.24, 2.45) is 0 Å². The van der Waals surface area contributed by atoms with Crippen molar-refractivity contribution in [1.29, 1.82) is 0 Å². The average molecular weight is 286 g/mol. The second-order valence-corrected chi connectivity index (χ2v) is 5.26. The van der Waals surface area contributed by atoms with Gasteiger partial charge in [0.2, 0.25) is 0 Å². The SMILES string of the molecule is CCCNCc1c(F)cccc1N(C)c1ccccc1C. The highest BCUT2D eigenvalue weighted by atomic mass is 19.1. The summed E-state index contributed by atoms with van der Waals surface area (Å²) in [6.45, 7) is 5.61. The van der Waals surface area contributed by atoms with E-state index in [2.05, 4.69) is 36.2 Å². The first-order valence-corrected chi connectivity index (χ1v) is 7.42. The molecule has 0 amide bonds. The lowest BCUT2D eigenvalue weighted by Gasteiger charge is -2.24. The smallest absolute Gasteiger partial charge is 0.129 e. The van der Waals surface area contributed by atoms with Crippen LogP contribution >= 0.6 is 0 Å². The van der Waals surface area contributed by atoms with E-state index < -0.39 is 0 Å². The van der Waals surface area contributed by atoms with Crippen LogP contribution in [-0.4, -0.2) is 13.6 Å². The van der Waals surface area contributed by atoms with Gasteiger partial charge >= 0.3 is 0 Å². The Balaban J connectivity index is 2.34. The van der Waals surface area contributed by atoms with Crippen LogP contribution in [0.2, 0.25) is 0 Å². The van der Waals surface area contributed by atoms with Crippen LogP contribution in [0, 0.1) is 12.7 Å². The minimum atomic E-state index is -0.156. The first-order chi connectivity index (χ1) is 10.1. The highest BCUT2D eigenvalue weighted by Crippen LogP contribution is 2.30. The maximum absolute atomic E-state index is 14.2. The van der Waals surface area contributed by atoms with E-state index in [4.69, 9.17) is 0 Å². The number of para-hydroxylation sites is 1. The van der Waals surface area contributed by atoms with Gasteiger partial charge < -0.3 is 10.2 Å². The van der Waals surface area contributed by atoms with Crippen LogP contribution < -0.4 is 10.2 Å². The standard InChI is InChI=1S/C18H23FN2/c1-4-12-20-13-15-16(19)9-7-11-18(15)21(3)17-10-6-5-8-14(17)2/h5-11,20H,4,12-13H2,1-3H3. The highest BCUT2D eigenvalue weighted by molar-refractivity contribution is 5.68. The minimum absolute atomic E-state index is 0.156. The lowest BCUT2D eigenvalue weighted by Crippen LogP contribution is -2.19. The number of anilines is 2. The molecule has 2 rings (SSSR count). The molecular weight excluding hydrogens is 263 g/mol. The lowest BCUT2D eigenvalue weighted by molar-refractivity contribution is 0.586. The van der Waals surface area contributed by atoms with Gasteiger partial charge in [0.15, 0.2) is 0 Å². The zero-order valence-corrected chi connectivity index (χ0v) is 13.0. The van der Waals surface area contributed by atoms with Crippen LogP contribution in [0.25, 0.3) is 0 Å². The van der Waals surface area contributed by atoms with E-state index >= 15 is 0 Å². The number of benzene rings is 2. The lowest BCUT2D eigenvalue weighted by atomic mass is 10.1. The molecule has 0 aromatic heterocycles. The molecule has 0 atom stereocenters. The third-order valence-electron chi connectivity index (χ3n) is 3.66. The fourth-order valence-corrected chi connectivity index (χ4v) is 2.50. The second kappa shape index (κ2) is 7.23. The van der Waals surface area contributed by atoms with Gasteiger partial charge in [0.1, 0.15) is 5.82 Å². The summed E-state index contributed by atoms with van der Waals surface area (Å²) in [5.74, 6) is -0.156. The number of nitrogens with zero attached hydrogens (tertiary/aromatic N) is 1. The van der Waals surface area contributed by atoms with Crippen LogP contribution in [0.4, 0.5) is 15.8 Å². The molecule has 0 saturated heterocycles. The molecule has 112 valence electrons. The molecule has 0 aliphatic carbocycles. The Labute approximate surface area is 126 Å². The molecule has 0 aliphatic rings. The number of hydrogen-bond acceptors (Lipinski definition) is 2. The Morgan fingerprint density at radius 3 is 2.48 bits per heavy atom. The first-order valence-electron chi connectivity index (χ1n) is 7.42.